The van der Waals surface area contributed by atoms with Crippen molar-refractivity contribution in [3.8, 4) is 0 Å². The molecule has 2 heteroatoms. The van der Waals surface area contributed by atoms with Crippen LogP contribution in [0.25, 0.3) is 0 Å². The van der Waals surface area contributed by atoms with Gasteiger partial charge in [-0.2, -0.15) is 0 Å². The fraction of sp³-hybridized carbons (Fsp3) is 0.235. The SMILES string of the molecule is Br.Cc1cc(C)c(CC(=N)c2ccccc2)c(C)c1. The molecule has 100 valence electrons. The summed E-state index contributed by atoms with van der Waals surface area (Å²) in [6.07, 6.45) is 0.710. The zero-order valence-corrected chi connectivity index (χ0v) is 13.4. The first-order valence-electron chi connectivity index (χ1n) is 6.27. The van der Waals surface area contributed by atoms with Gasteiger partial charge in [-0.3, -0.25) is 0 Å². The Morgan fingerprint density at radius 3 is 2.00 bits per heavy atom. The molecule has 0 saturated carbocycles. The second-order valence-electron chi connectivity index (χ2n) is 4.90. The molecule has 2 aromatic carbocycles. The van der Waals surface area contributed by atoms with Gasteiger partial charge in [-0.25, -0.2) is 0 Å². The predicted octanol–water partition coefficient (Wildman–Crippen LogP) is 4.80. The second-order valence-corrected chi connectivity index (χ2v) is 4.90. The normalized spacial score (nSPS) is 9.84. The second kappa shape index (κ2) is 6.67. The van der Waals surface area contributed by atoms with Crippen LogP contribution >= 0.6 is 17.0 Å². The van der Waals surface area contributed by atoms with E-state index in [-0.39, 0.29) is 17.0 Å². The molecule has 0 atom stereocenters. The van der Waals surface area contributed by atoms with Gasteiger partial charge in [0, 0.05) is 12.1 Å². The third-order valence-electron chi connectivity index (χ3n) is 3.32. The van der Waals surface area contributed by atoms with Crippen molar-refractivity contribution in [3.63, 3.8) is 0 Å². The van der Waals surface area contributed by atoms with E-state index >= 15 is 0 Å². The quantitative estimate of drug-likeness (QED) is 0.786. The zero-order valence-electron chi connectivity index (χ0n) is 11.7. The summed E-state index contributed by atoms with van der Waals surface area (Å²) in [4.78, 5) is 0. The fourth-order valence-electron chi connectivity index (χ4n) is 2.41. The van der Waals surface area contributed by atoms with Gasteiger partial charge in [-0.15, -0.1) is 17.0 Å². The van der Waals surface area contributed by atoms with Crippen LogP contribution < -0.4 is 0 Å². The third kappa shape index (κ3) is 3.77. The molecule has 0 heterocycles. The van der Waals surface area contributed by atoms with Crippen molar-refractivity contribution in [2.75, 3.05) is 0 Å². The van der Waals surface area contributed by atoms with E-state index in [0.29, 0.717) is 12.1 Å². The molecule has 0 radical (unpaired) electrons. The first-order chi connectivity index (χ1) is 8.58. The van der Waals surface area contributed by atoms with Gasteiger partial charge in [0.2, 0.25) is 0 Å². The summed E-state index contributed by atoms with van der Waals surface area (Å²) < 4.78 is 0. The average molecular weight is 318 g/mol. The van der Waals surface area contributed by atoms with Crippen molar-refractivity contribution < 1.29 is 0 Å². The molecular weight excluding hydrogens is 298 g/mol. The molecule has 0 fully saturated rings. The maximum atomic E-state index is 8.21. The number of hydrogen-bond acceptors (Lipinski definition) is 1. The molecule has 0 aromatic heterocycles. The zero-order chi connectivity index (χ0) is 13.1. The van der Waals surface area contributed by atoms with Gasteiger partial charge in [0.05, 0.1) is 0 Å². The van der Waals surface area contributed by atoms with E-state index in [1.807, 2.05) is 30.3 Å². The molecule has 2 aromatic rings. The maximum Gasteiger partial charge on any atom is 0.0430 e. The number of aryl methyl sites for hydroxylation is 3. The molecule has 1 nitrogen and oxygen atoms in total. The van der Waals surface area contributed by atoms with Crippen LogP contribution in [0.1, 0.15) is 27.8 Å². The maximum absolute atomic E-state index is 8.21. The highest BCUT2D eigenvalue weighted by Gasteiger charge is 2.08. The summed E-state index contributed by atoms with van der Waals surface area (Å²) in [5, 5.41) is 8.21. The van der Waals surface area contributed by atoms with Gasteiger partial charge < -0.3 is 5.41 Å². The number of hydrogen-bond donors (Lipinski definition) is 1. The van der Waals surface area contributed by atoms with E-state index in [1.165, 1.54) is 22.3 Å². The highest BCUT2D eigenvalue weighted by atomic mass is 79.9. The average Bonchev–Trinajstić information content (AvgIpc) is 2.34. The molecule has 0 aliphatic carbocycles. The third-order valence-corrected chi connectivity index (χ3v) is 3.32. The minimum atomic E-state index is 0. The Balaban J connectivity index is 0.00000180. The van der Waals surface area contributed by atoms with E-state index in [4.69, 9.17) is 5.41 Å². The van der Waals surface area contributed by atoms with Crippen molar-refractivity contribution in [2.45, 2.75) is 27.2 Å². The van der Waals surface area contributed by atoms with Crippen LogP contribution in [0.4, 0.5) is 0 Å². The van der Waals surface area contributed by atoms with Crippen LogP contribution in [0.15, 0.2) is 42.5 Å². The van der Waals surface area contributed by atoms with Crippen LogP contribution in [0, 0.1) is 26.2 Å². The van der Waals surface area contributed by atoms with Gasteiger partial charge in [0.15, 0.2) is 0 Å². The van der Waals surface area contributed by atoms with Crippen LogP contribution in [-0.2, 0) is 6.42 Å². The van der Waals surface area contributed by atoms with Gasteiger partial charge in [-0.05, 0) is 43.0 Å². The Morgan fingerprint density at radius 2 is 1.47 bits per heavy atom. The Morgan fingerprint density at radius 1 is 0.947 bits per heavy atom. The topological polar surface area (TPSA) is 23.9 Å². The van der Waals surface area contributed by atoms with Gasteiger partial charge in [0.25, 0.3) is 0 Å². The first kappa shape index (κ1) is 15.6. The molecule has 0 unspecified atom stereocenters. The lowest BCUT2D eigenvalue weighted by Gasteiger charge is -2.12. The lowest BCUT2D eigenvalue weighted by Crippen LogP contribution is -2.06. The number of halogens is 1. The molecule has 2 rings (SSSR count). The van der Waals surface area contributed by atoms with E-state index in [1.54, 1.807) is 0 Å². The smallest absolute Gasteiger partial charge is 0.0430 e. The molecule has 0 saturated heterocycles. The minimum absolute atomic E-state index is 0. The summed E-state index contributed by atoms with van der Waals surface area (Å²) in [5.41, 5.74) is 6.85. The van der Waals surface area contributed by atoms with Gasteiger partial charge in [-0.1, -0.05) is 48.0 Å². The molecule has 1 N–H and O–H groups in total. The summed E-state index contributed by atoms with van der Waals surface area (Å²) in [5.74, 6) is 0. The summed E-state index contributed by atoms with van der Waals surface area (Å²) in [7, 11) is 0. The van der Waals surface area contributed by atoms with E-state index in [2.05, 4.69) is 32.9 Å². The molecule has 19 heavy (non-hydrogen) atoms. The summed E-state index contributed by atoms with van der Waals surface area (Å²) >= 11 is 0. The van der Waals surface area contributed by atoms with Crippen molar-refractivity contribution in [1.29, 1.82) is 5.41 Å². The minimum Gasteiger partial charge on any atom is -0.304 e. The number of benzene rings is 2. The molecule has 0 bridgehead atoms. The van der Waals surface area contributed by atoms with Crippen LogP contribution in [0.5, 0.6) is 0 Å². The standard InChI is InChI=1S/C17H19N.BrH/c1-12-9-13(2)16(14(3)10-12)11-17(18)15-7-5-4-6-8-15;/h4-10,18H,11H2,1-3H3;1H. The molecule has 0 aliphatic rings. The molecule has 0 amide bonds. The highest BCUT2D eigenvalue weighted by molar-refractivity contribution is 8.93. The Bertz CT molecular complexity index is 550. The van der Waals surface area contributed by atoms with Gasteiger partial charge in [0.1, 0.15) is 0 Å². The van der Waals surface area contributed by atoms with E-state index < -0.39 is 0 Å². The Kier molecular flexibility index (Phi) is 5.49. The molecular formula is C17H20BrN. The Labute approximate surface area is 126 Å². The lowest BCUT2D eigenvalue weighted by molar-refractivity contribution is 1.17. The lowest BCUT2D eigenvalue weighted by atomic mass is 9.93. The van der Waals surface area contributed by atoms with Crippen molar-refractivity contribution in [3.05, 3.63) is 70.3 Å². The molecule has 0 spiro atoms. The van der Waals surface area contributed by atoms with Crippen molar-refractivity contribution in [2.24, 2.45) is 0 Å². The Hall–Kier alpha value is -1.41. The van der Waals surface area contributed by atoms with Crippen molar-refractivity contribution >= 4 is 22.7 Å². The van der Waals surface area contributed by atoms with Crippen molar-refractivity contribution in [1.82, 2.24) is 0 Å². The monoisotopic (exact) mass is 317 g/mol. The summed E-state index contributed by atoms with van der Waals surface area (Å²) in [6, 6.07) is 14.3. The largest absolute Gasteiger partial charge is 0.304 e. The van der Waals surface area contributed by atoms with E-state index in [9.17, 15) is 0 Å². The molecule has 0 aliphatic heterocycles. The number of nitrogens with one attached hydrogen (secondary N) is 1. The van der Waals surface area contributed by atoms with Crippen LogP contribution in [0.3, 0.4) is 0 Å². The predicted molar refractivity (Wildman–Crippen MR) is 87.9 cm³/mol. The highest BCUT2D eigenvalue weighted by Crippen LogP contribution is 2.18. The first-order valence-corrected chi connectivity index (χ1v) is 6.27. The van der Waals surface area contributed by atoms with Gasteiger partial charge >= 0.3 is 0 Å². The summed E-state index contributed by atoms with van der Waals surface area (Å²) in [6.45, 7) is 6.38. The fourth-order valence-corrected chi connectivity index (χ4v) is 2.41. The number of rotatable bonds is 3. The van der Waals surface area contributed by atoms with E-state index in [0.717, 1.165) is 5.56 Å². The van der Waals surface area contributed by atoms with Crippen LogP contribution in [-0.4, -0.2) is 5.71 Å². The van der Waals surface area contributed by atoms with Crippen LogP contribution in [0.2, 0.25) is 0 Å².